The standard InChI is InChI=1S/C32H35IN6O2/c1-38-29-14-11-22(15-27(29)36-37-38)18-35-31(40)30-16-23(8-7-21-9-12-26(33)13-10-21)20-39(30)32(41)28-17-25(19-34-28)24-5-3-2-4-6-24/h2-6,9-15,23,25,28,30,34H,7-8,16-20H2,1H3,(H,35,40)/t23?,25-,28?,30+/m1/s1. The van der Waals surface area contributed by atoms with E-state index in [-0.39, 0.29) is 23.8 Å². The summed E-state index contributed by atoms with van der Waals surface area (Å²) in [6.45, 7) is 1.77. The van der Waals surface area contributed by atoms with Crippen LogP contribution in [0.4, 0.5) is 0 Å². The first-order valence-corrected chi connectivity index (χ1v) is 15.4. The van der Waals surface area contributed by atoms with Gasteiger partial charge in [0.25, 0.3) is 0 Å². The van der Waals surface area contributed by atoms with E-state index in [4.69, 9.17) is 0 Å². The topological polar surface area (TPSA) is 92.2 Å². The van der Waals surface area contributed by atoms with Crippen molar-refractivity contribution < 1.29 is 9.59 Å². The van der Waals surface area contributed by atoms with Crippen LogP contribution in [-0.4, -0.2) is 56.9 Å². The van der Waals surface area contributed by atoms with Crippen LogP contribution in [0, 0.1) is 9.49 Å². The van der Waals surface area contributed by atoms with E-state index in [1.807, 2.05) is 48.3 Å². The van der Waals surface area contributed by atoms with Gasteiger partial charge in [0, 0.05) is 30.3 Å². The third-order valence-electron chi connectivity index (χ3n) is 8.57. The van der Waals surface area contributed by atoms with Crippen LogP contribution in [0.3, 0.4) is 0 Å². The number of nitrogens with one attached hydrogen (secondary N) is 2. The molecule has 4 aromatic rings. The summed E-state index contributed by atoms with van der Waals surface area (Å²) in [4.78, 5) is 29.3. The SMILES string of the molecule is Cn1nnc2cc(CNC(=O)[C@@H]3CC(CCc4ccc(I)cc4)CN3C(=O)C3C[C@@H](c4ccccc4)CN3)ccc21. The molecule has 0 aliphatic carbocycles. The van der Waals surface area contributed by atoms with Gasteiger partial charge in [-0.05, 0) is 101 Å². The minimum Gasteiger partial charge on any atom is -0.350 e. The van der Waals surface area contributed by atoms with Gasteiger partial charge < -0.3 is 15.5 Å². The van der Waals surface area contributed by atoms with Crippen molar-refractivity contribution in [2.45, 2.75) is 50.2 Å². The van der Waals surface area contributed by atoms with Gasteiger partial charge in [0.15, 0.2) is 0 Å². The summed E-state index contributed by atoms with van der Waals surface area (Å²) in [5.41, 5.74) is 5.25. The van der Waals surface area contributed by atoms with Gasteiger partial charge in [0.1, 0.15) is 11.6 Å². The maximum Gasteiger partial charge on any atom is 0.243 e. The maximum atomic E-state index is 13.9. The Morgan fingerprint density at radius 3 is 2.61 bits per heavy atom. The van der Waals surface area contributed by atoms with E-state index in [1.54, 1.807) is 4.68 Å². The predicted octanol–water partition coefficient (Wildman–Crippen LogP) is 4.18. The van der Waals surface area contributed by atoms with Crippen LogP contribution in [0.1, 0.15) is 41.9 Å². The highest BCUT2D eigenvalue weighted by Crippen LogP contribution is 2.32. The van der Waals surface area contributed by atoms with Gasteiger partial charge in [-0.3, -0.25) is 9.59 Å². The summed E-state index contributed by atoms with van der Waals surface area (Å²) in [5.74, 6) is 0.525. The molecule has 1 aromatic heterocycles. The quantitative estimate of drug-likeness (QED) is 0.277. The number of amides is 2. The zero-order chi connectivity index (χ0) is 28.3. The zero-order valence-corrected chi connectivity index (χ0v) is 25.3. The second-order valence-electron chi connectivity index (χ2n) is 11.3. The van der Waals surface area contributed by atoms with Crippen molar-refractivity contribution in [3.05, 3.63) is 93.1 Å². The molecule has 9 heteroatoms. The van der Waals surface area contributed by atoms with E-state index in [1.165, 1.54) is 14.7 Å². The van der Waals surface area contributed by atoms with Crippen molar-refractivity contribution in [2.24, 2.45) is 13.0 Å². The molecule has 0 bridgehead atoms. The molecule has 2 N–H and O–H groups in total. The van der Waals surface area contributed by atoms with E-state index in [9.17, 15) is 9.59 Å². The normalized spacial score (nSPS) is 22.3. The number of rotatable bonds is 8. The van der Waals surface area contributed by atoms with Crippen LogP contribution in [0.2, 0.25) is 0 Å². The van der Waals surface area contributed by atoms with Gasteiger partial charge in [-0.2, -0.15) is 0 Å². The van der Waals surface area contributed by atoms with Crippen molar-refractivity contribution in [3.63, 3.8) is 0 Å². The average Bonchev–Trinajstić information content (AvgIpc) is 3.75. The number of aromatic nitrogens is 3. The maximum absolute atomic E-state index is 13.9. The second kappa shape index (κ2) is 12.3. The number of carbonyl (C=O) groups excluding carboxylic acids is 2. The Morgan fingerprint density at radius 1 is 1.02 bits per heavy atom. The lowest BCUT2D eigenvalue weighted by Crippen LogP contribution is -2.51. The molecule has 3 aromatic carbocycles. The van der Waals surface area contributed by atoms with Crippen LogP contribution in [0.5, 0.6) is 0 Å². The van der Waals surface area contributed by atoms with Crippen molar-refractivity contribution in [2.75, 3.05) is 13.1 Å². The number of aryl methyl sites for hydroxylation is 2. The summed E-state index contributed by atoms with van der Waals surface area (Å²) in [6, 6.07) is 24.1. The largest absolute Gasteiger partial charge is 0.350 e. The Bertz CT molecular complexity index is 1520. The summed E-state index contributed by atoms with van der Waals surface area (Å²) in [6.07, 6.45) is 3.31. The molecular formula is C32H35IN6O2. The van der Waals surface area contributed by atoms with E-state index < -0.39 is 6.04 Å². The monoisotopic (exact) mass is 662 g/mol. The second-order valence-corrected chi connectivity index (χ2v) is 12.6. The average molecular weight is 663 g/mol. The smallest absolute Gasteiger partial charge is 0.243 e. The first kappa shape index (κ1) is 27.8. The molecule has 41 heavy (non-hydrogen) atoms. The van der Waals surface area contributed by atoms with Gasteiger partial charge in [-0.1, -0.05) is 53.7 Å². The van der Waals surface area contributed by atoms with E-state index in [2.05, 4.69) is 79.9 Å². The molecule has 0 saturated carbocycles. The lowest BCUT2D eigenvalue weighted by atomic mass is 9.96. The van der Waals surface area contributed by atoms with E-state index >= 15 is 0 Å². The molecule has 212 valence electrons. The molecule has 2 aliphatic heterocycles. The van der Waals surface area contributed by atoms with Gasteiger partial charge in [0.05, 0.1) is 11.6 Å². The van der Waals surface area contributed by atoms with Crippen LogP contribution in [-0.2, 0) is 29.6 Å². The van der Waals surface area contributed by atoms with Crippen molar-refractivity contribution in [1.29, 1.82) is 0 Å². The first-order chi connectivity index (χ1) is 19.9. The Labute approximate surface area is 254 Å². The van der Waals surface area contributed by atoms with Crippen molar-refractivity contribution in [1.82, 2.24) is 30.5 Å². The highest BCUT2D eigenvalue weighted by Gasteiger charge is 2.43. The van der Waals surface area contributed by atoms with Crippen LogP contribution in [0.25, 0.3) is 11.0 Å². The van der Waals surface area contributed by atoms with Gasteiger partial charge in [-0.15, -0.1) is 5.10 Å². The van der Waals surface area contributed by atoms with E-state index in [0.29, 0.717) is 25.4 Å². The number of likely N-dealkylation sites (tertiary alicyclic amines) is 1. The zero-order valence-electron chi connectivity index (χ0n) is 23.2. The molecule has 2 saturated heterocycles. The fourth-order valence-corrected chi connectivity index (χ4v) is 6.61. The number of hydrogen-bond donors (Lipinski definition) is 2. The molecule has 8 nitrogen and oxygen atoms in total. The van der Waals surface area contributed by atoms with Crippen LogP contribution < -0.4 is 10.6 Å². The molecule has 2 amide bonds. The third-order valence-corrected chi connectivity index (χ3v) is 9.29. The lowest BCUT2D eigenvalue weighted by molar-refractivity contribution is -0.139. The minimum absolute atomic E-state index is 0.0429. The fraction of sp³-hybridized carbons (Fsp3) is 0.375. The fourth-order valence-electron chi connectivity index (χ4n) is 6.25. The van der Waals surface area contributed by atoms with Crippen molar-refractivity contribution >= 4 is 45.4 Å². The Hall–Kier alpha value is -3.31. The van der Waals surface area contributed by atoms with Gasteiger partial charge in [0.2, 0.25) is 11.8 Å². The molecule has 3 heterocycles. The lowest BCUT2D eigenvalue weighted by Gasteiger charge is -2.27. The number of fused-ring (bicyclic) bond motifs is 1. The van der Waals surface area contributed by atoms with Gasteiger partial charge >= 0.3 is 0 Å². The molecular weight excluding hydrogens is 627 g/mol. The summed E-state index contributed by atoms with van der Waals surface area (Å²) in [5, 5.41) is 14.8. The number of carbonyl (C=O) groups is 2. The van der Waals surface area contributed by atoms with Crippen molar-refractivity contribution in [3.8, 4) is 0 Å². The summed E-state index contributed by atoms with van der Waals surface area (Å²) in [7, 11) is 1.86. The van der Waals surface area contributed by atoms with Gasteiger partial charge in [-0.25, -0.2) is 4.68 Å². The number of benzene rings is 3. The van der Waals surface area contributed by atoms with E-state index in [0.717, 1.165) is 42.4 Å². The molecule has 0 spiro atoms. The predicted molar refractivity (Wildman–Crippen MR) is 167 cm³/mol. The third kappa shape index (κ3) is 6.30. The highest BCUT2D eigenvalue weighted by atomic mass is 127. The van der Waals surface area contributed by atoms with Crippen LogP contribution >= 0.6 is 22.6 Å². The molecule has 6 rings (SSSR count). The Morgan fingerprint density at radius 2 is 1.80 bits per heavy atom. The Balaban J connectivity index is 1.14. The Kier molecular flexibility index (Phi) is 8.34. The number of nitrogens with zero attached hydrogens (tertiary/aromatic N) is 4. The molecule has 2 fully saturated rings. The molecule has 0 radical (unpaired) electrons. The summed E-state index contributed by atoms with van der Waals surface area (Å²) < 4.78 is 2.95. The van der Waals surface area contributed by atoms with Crippen LogP contribution in [0.15, 0.2) is 72.8 Å². The summed E-state index contributed by atoms with van der Waals surface area (Å²) >= 11 is 2.32. The highest BCUT2D eigenvalue weighted by molar-refractivity contribution is 14.1. The molecule has 2 aliphatic rings. The number of hydrogen-bond acceptors (Lipinski definition) is 5. The molecule has 2 unspecified atom stereocenters. The molecule has 4 atom stereocenters. The first-order valence-electron chi connectivity index (χ1n) is 14.3. The minimum atomic E-state index is -0.470. The number of halogens is 1.